The Kier molecular flexibility index (Phi) is 3.41. The van der Waals surface area contributed by atoms with E-state index in [0.717, 1.165) is 23.1 Å². The lowest BCUT2D eigenvalue weighted by Crippen LogP contribution is -2.45. The maximum Gasteiger partial charge on any atom is 0.411 e. The second-order valence-corrected chi connectivity index (χ2v) is 6.95. The Balaban J connectivity index is 2.06. The Morgan fingerprint density at radius 1 is 1.48 bits per heavy atom. The van der Waals surface area contributed by atoms with Crippen molar-refractivity contribution in [2.45, 2.75) is 24.9 Å². The molecule has 6 heteroatoms. The predicted molar refractivity (Wildman–Crippen MR) is 87.0 cm³/mol. The van der Waals surface area contributed by atoms with Gasteiger partial charge in [-0.05, 0) is 47.1 Å². The van der Waals surface area contributed by atoms with Gasteiger partial charge in [0.15, 0.2) is 0 Å². The van der Waals surface area contributed by atoms with Gasteiger partial charge in [0.25, 0.3) is 0 Å². The third-order valence-corrected chi connectivity index (χ3v) is 5.50. The van der Waals surface area contributed by atoms with Gasteiger partial charge in [-0.25, -0.2) is 4.79 Å². The Morgan fingerprint density at radius 2 is 2.19 bits per heavy atom. The van der Waals surface area contributed by atoms with Crippen LogP contribution in [0.3, 0.4) is 0 Å². The molecule has 2 unspecified atom stereocenters. The monoisotopic (exact) mass is 353 g/mol. The maximum atomic E-state index is 11.5. The minimum absolute atomic E-state index is 0.130. The van der Waals surface area contributed by atoms with Gasteiger partial charge in [0, 0.05) is 29.2 Å². The van der Waals surface area contributed by atoms with Crippen LogP contribution >= 0.6 is 15.9 Å². The number of halogens is 1. The number of methoxy groups -OCH3 is 1. The molecule has 0 radical (unpaired) electrons. The minimum atomic E-state index is -0.458. The SMILES string of the molecule is COC(=O)Nc1cc2c(cc1Br)C1(C)CCN(C)C1N2C. The Hall–Kier alpha value is -1.27. The molecule has 1 aromatic carbocycles. The third kappa shape index (κ3) is 2.04. The molecular weight excluding hydrogens is 334 g/mol. The number of fused-ring (bicyclic) bond motifs is 3. The number of likely N-dealkylation sites (N-methyl/N-ethyl adjacent to an activating group) is 2. The van der Waals surface area contributed by atoms with Crippen molar-refractivity contribution >= 4 is 33.4 Å². The predicted octanol–water partition coefficient (Wildman–Crippen LogP) is 3.00. The van der Waals surface area contributed by atoms with Gasteiger partial charge in [0.1, 0.15) is 0 Å². The molecule has 1 aromatic rings. The molecular formula is C15H20BrN3O2. The van der Waals surface area contributed by atoms with Crippen LogP contribution in [-0.4, -0.2) is 44.9 Å². The van der Waals surface area contributed by atoms with Crippen LogP contribution in [0.4, 0.5) is 16.2 Å². The fraction of sp³-hybridized carbons (Fsp3) is 0.533. The van der Waals surface area contributed by atoms with E-state index >= 15 is 0 Å². The van der Waals surface area contributed by atoms with Crippen LogP contribution in [0.5, 0.6) is 0 Å². The molecule has 0 bridgehead atoms. The first-order valence-corrected chi connectivity index (χ1v) is 7.80. The van der Waals surface area contributed by atoms with E-state index in [4.69, 9.17) is 0 Å². The average Bonchev–Trinajstić information content (AvgIpc) is 2.86. The van der Waals surface area contributed by atoms with E-state index in [9.17, 15) is 4.79 Å². The lowest BCUT2D eigenvalue weighted by atomic mass is 9.81. The molecule has 2 aliphatic heterocycles. The van der Waals surface area contributed by atoms with Crippen molar-refractivity contribution in [3.63, 3.8) is 0 Å². The summed E-state index contributed by atoms with van der Waals surface area (Å²) >= 11 is 3.56. The summed E-state index contributed by atoms with van der Waals surface area (Å²) in [4.78, 5) is 16.1. The summed E-state index contributed by atoms with van der Waals surface area (Å²) < 4.78 is 5.56. The van der Waals surface area contributed by atoms with Crippen molar-refractivity contribution in [1.82, 2.24) is 4.90 Å². The highest BCUT2D eigenvalue weighted by Gasteiger charge is 2.52. The first-order chi connectivity index (χ1) is 9.88. The molecule has 1 amide bonds. The van der Waals surface area contributed by atoms with E-state index in [-0.39, 0.29) is 5.41 Å². The van der Waals surface area contributed by atoms with E-state index in [1.165, 1.54) is 18.4 Å². The van der Waals surface area contributed by atoms with Gasteiger partial charge in [-0.3, -0.25) is 10.2 Å². The molecule has 2 atom stereocenters. The average molecular weight is 354 g/mol. The molecule has 1 saturated heterocycles. The molecule has 114 valence electrons. The number of nitrogens with one attached hydrogen (secondary N) is 1. The second kappa shape index (κ2) is 4.88. The third-order valence-electron chi connectivity index (χ3n) is 4.84. The number of carbonyl (C=O) groups is 1. The smallest absolute Gasteiger partial charge is 0.411 e. The van der Waals surface area contributed by atoms with E-state index in [0.29, 0.717) is 6.17 Å². The largest absolute Gasteiger partial charge is 0.453 e. The van der Waals surface area contributed by atoms with Gasteiger partial charge >= 0.3 is 6.09 Å². The molecule has 1 fully saturated rings. The fourth-order valence-electron chi connectivity index (χ4n) is 3.84. The first kappa shape index (κ1) is 14.7. The molecule has 0 saturated carbocycles. The number of benzene rings is 1. The van der Waals surface area contributed by atoms with E-state index in [1.807, 2.05) is 6.07 Å². The zero-order valence-electron chi connectivity index (χ0n) is 12.7. The lowest BCUT2D eigenvalue weighted by molar-refractivity contribution is 0.187. The van der Waals surface area contributed by atoms with Crippen LogP contribution in [-0.2, 0) is 10.2 Å². The highest BCUT2D eigenvalue weighted by atomic mass is 79.9. The minimum Gasteiger partial charge on any atom is -0.453 e. The summed E-state index contributed by atoms with van der Waals surface area (Å²) in [5, 5.41) is 2.75. The van der Waals surface area contributed by atoms with Crippen molar-refractivity contribution in [3.05, 3.63) is 22.2 Å². The topological polar surface area (TPSA) is 44.8 Å². The summed E-state index contributed by atoms with van der Waals surface area (Å²) in [6.45, 7) is 3.42. The van der Waals surface area contributed by atoms with Crippen molar-refractivity contribution in [3.8, 4) is 0 Å². The van der Waals surface area contributed by atoms with Crippen LogP contribution < -0.4 is 10.2 Å². The summed E-state index contributed by atoms with van der Waals surface area (Å²) in [6.07, 6.45) is 1.05. The number of hydrogen-bond donors (Lipinski definition) is 1. The summed E-state index contributed by atoms with van der Waals surface area (Å²) in [5.74, 6) is 0. The molecule has 1 N–H and O–H groups in total. The number of nitrogens with zero attached hydrogens (tertiary/aromatic N) is 2. The molecule has 21 heavy (non-hydrogen) atoms. The van der Waals surface area contributed by atoms with Crippen molar-refractivity contribution in [1.29, 1.82) is 0 Å². The zero-order valence-corrected chi connectivity index (χ0v) is 14.3. The van der Waals surface area contributed by atoms with Crippen molar-refractivity contribution in [2.75, 3.05) is 38.0 Å². The second-order valence-electron chi connectivity index (χ2n) is 6.10. The Labute approximate surface area is 133 Å². The fourth-order valence-corrected chi connectivity index (χ4v) is 4.29. The molecule has 3 rings (SSSR count). The van der Waals surface area contributed by atoms with Crippen LogP contribution in [0.25, 0.3) is 0 Å². The Bertz CT molecular complexity index is 607. The number of anilines is 2. The van der Waals surface area contributed by atoms with Crippen molar-refractivity contribution < 1.29 is 9.53 Å². The number of amides is 1. The molecule has 5 nitrogen and oxygen atoms in total. The molecule has 0 spiro atoms. The summed E-state index contributed by atoms with van der Waals surface area (Å²) in [6, 6.07) is 4.16. The number of carbonyl (C=O) groups excluding carboxylic acids is 1. The summed E-state index contributed by atoms with van der Waals surface area (Å²) in [7, 11) is 5.65. The highest BCUT2D eigenvalue weighted by molar-refractivity contribution is 9.10. The van der Waals surface area contributed by atoms with Crippen LogP contribution in [0.2, 0.25) is 0 Å². The quantitative estimate of drug-likeness (QED) is 0.842. The molecule has 2 aliphatic rings. The van der Waals surface area contributed by atoms with Gasteiger partial charge in [-0.1, -0.05) is 6.92 Å². The van der Waals surface area contributed by atoms with Gasteiger partial charge in [0.05, 0.1) is 19.0 Å². The van der Waals surface area contributed by atoms with Crippen molar-refractivity contribution in [2.24, 2.45) is 0 Å². The number of likely N-dealkylation sites (tertiary alicyclic amines) is 1. The van der Waals surface area contributed by atoms with Crippen LogP contribution in [0.1, 0.15) is 18.9 Å². The number of ether oxygens (including phenoxy) is 1. The normalized spacial score (nSPS) is 27.5. The molecule has 0 aromatic heterocycles. The lowest BCUT2D eigenvalue weighted by Gasteiger charge is -2.32. The number of hydrogen-bond acceptors (Lipinski definition) is 4. The zero-order chi connectivity index (χ0) is 15.4. The van der Waals surface area contributed by atoms with Gasteiger partial charge < -0.3 is 9.64 Å². The van der Waals surface area contributed by atoms with E-state index in [1.54, 1.807) is 0 Å². The van der Waals surface area contributed by atoms with Gasteiger partial charge in [-0.15, -0.1) is 0 Å². The summed E-state index contributed by atoms with van der Waals surface area (Å²) in [5.41, 5.74) is 3.37. The standard InChI is InChI=1S/C15H20BrN3O2/c1-15-5-6-18(2)13(15)19(3)12-8-11(17-14(20)21-4)10(16)7-9(12)15/h7-8,13H,5-6H2,1-4H3,(H,17,20). The van der Waals surface area contributed by atoms with Gasteiger partial charge in [-0.2, -0.15) is 0 Å². The van der Waals surface area contributed by atoms with Crippen LogP contribution in [0, 0.1) is 0 Å². The Morgan fingerprint density at radius 3 is 2.86 bits per heavy atom. The number of rotatable bonds is 1. The van der Waals surface area contributed by atoms with Gasteiger partial charge in [0.2, 0.25) is 0 Å². The van der Waals surface area contributed by atoms with Crippen LogP contribution in [0.15, 0.2) is 16.6 Å². The first-order valence-electron chi connectivity index (χ1n) is 7.00. The molecule has 0 aliphatic carbocycles. The molecule has 2 heterocycles. The maximum absolute atomic E-state index is 11.5. The van der Waals surface area contributed by atoms with E-state index in [2.05, 4.69) is 62.9 Å². The highest BCUT2D eigenvalue weighted by Crippen LogP contribution is 2.52. The van der Waals surface area contributed by atoms with E-state index < -0.39 is 6.09 Å².